The van der Waals surface area contributed by atoms with Gasteiger partial charge in [0.25, 0.3) is 5.91 Å². The third-order valence-corrected chi connectivity index (χ3v) is 4.67. The molecule has 0 saturated carbocycles. The Balaban J connectivity index is 1.83. The molecule has 2 aromatic rings. The predicted molar refractivity (Wildman–Crippen MR) is 93.8 cm³/mol. The van der Waals surface area contributed by atoms with Crippen LogP contribution in [0.1, 0.15) is 35.1 Å². The van der Waals surface area contributed by atoms with Gasteiger partial charge < -0.3 is 11.1 Å². The molecule has 1 atom stereocenters. The third-order valence-electron chi connectivity index (χ3n) is 3.88. The van der Waals surface area contributed by atoms with E-state index in [2.05, 4.69) is 27.4 Å². The molecule has 4 N–H and O–H groups in total. The van der Waals surface area contributed by atoms with Gasteiger partial charge in [-0.15, -0.1) is 0 Å². The molecule has 0 fully saturated rings. The lowest BCUT2D eigenvalue weighted by Crippen LogP contribution is -2.28. The molecule has 1 aliphatic rings. The van der Waals surface area contributed by atoms with Gasteiger partial charge in [-0.05, 0) is 44.0 Å². The van der Waals surface area contributed by atoms with Crippen LogP contribution in [0, 0.1) is 6.92 Å². The highest BCUT2D eigenvalue weighted by Gasteiger charge is 2.29. The molecule has 3 rings (SSSR count). The molecule has 2 heterocycles. The number of aliphatic imine (C=N–C) groups is 1. The maximum Gasteiger partial charge on any atom is 0.276 e. The van der Waals surface area contributed by atoms with E-state index in [0.717, 1.165) is 29.1 Å². The van der Waals surface area contributed by atoms with Gasteiger partial charge in [-0.1, -0.05) is 23.9 Å². The second-order valence-electron chi connectivity index (χ2n) is 5.79. The van der Waals surface area contributed by atoms with Gasteiger partial charge in [-0.25, -0.2) is 0 Å². The third kappa shape index (κ3) is 3.39. The number of carbonyl (C=O) groups is 1. The summed E-state index contributed by atoms with van der Waals surface area (Å²) < 4.78 is 0. The molecule has 0 bridgehead atoms. The lowest BCUT2D eigenvalue weighted by molar-refractivity contribution is 0.102. The Bertz CT molecular complexity index is 769. The summed E-state index contributed by atoms with van der Waals surface area (Å²) in [6.45, 7) is 3.92. The minimum Gasteiger partial charge on any atom is -0.379 e. The number of nitrogens with zero attached hydrogens (tertiary/aromatic N) is 2. The highest BCUT2D eigenvalue weighted by molar-refractivity contribution is 8.13. The fraction of sp³-hybridized carbons (Fsp3) is 0.312. The zero-order valence-corrected chi connectivity index (χ0v) is 13.9. The Labute approximate surface area is 139 Å². The van der Waals surface area contributed by atoms with E-state index in [4.69, 9.17) is 5.73 Å². The second kappa shape index (κ2) is 6.08. The topological polar surface area (TPSA) is 96.2 Å². The van der Waals surface area contributed by atoms with Crippen LogP contribution in [0.15, 0.2) is 35.3 Å². The van der Waals surface area contributed by atoms with E-state index in [1.807, 2.05) is 31.2 Å². The van der Waals surface area contributed by atoms with Crippen LogP contribution in [0.3, 0.4) is 0 Å². The fourth-order valence-corrected chi connectivity index (χ4v) is 3.53. The number of rotatable bonds is 3. The summed E-state index contributed by atoms with van der Waals surface area (Å²) in [4.78, 5) is 16.8. The highest BCUT2D eigenvalue weighted by Crippen LogP contribution is 2.35. The number of nitrogens with two attached hydrogens (primary N) is 1. The van der Waals surface area contributed by atoms with Crippen molar-refractivity contribution in [2.24, 2.45) is 10.7 Å². The summed E-state index contributed by atoms with van der Waals surface area (Å²) in [5.74, 6) is 0.702. The maximum absolute atomic E-state index is 12.2. The summed E-state index contributed by atoms with van der Waals surface area (Å²) in [6.07, 6.45) is 0.911. The van der Waals surface area contributed by atoms with E-state index >= 15 is 0 Å². The first-order valence-electron chi connectivity index (χ1n) is 7.38. The largest absolute Gasteiger partial charge is 0.379 e. The predicted octanol–water partition coefficient (Wildman–Crippen LogP) is 2.64. The van der Waals surface area contributed by atoms with Crippen molar-refractivity contribution in [3.8, 4) is 0 Å². The Morgan fingerprint density at radius 3 is 2.96 bits per heavy atom. The molecule has 0 radical (unpaired) electrons. The molecule has 1 aromatic carbocycles. The second-order valence-corrected chi connectivity index (χ2v) is 6.91. The minimum atomic E-state index is -0.348. The van der Waals surface area contributed by atoms with Crippen molar-refractivity contribution in [1.29, 1.82) is 0 Å². The number of aromatic nitrogens is 2. The van der Waals surface area contributed by atoms with Crippen LogP contribution in [-0.4, -0.2) is 27.0 Å². The number of benzene rings is 1. The van der Waals surface area contributed by atoms with Crippen LogP contribution in [0.25, 0.3) is 0 Å². The van der Waals surface area contributed by atoms with Gasteiger partial charge in [0, 0.05) is 17.1 Å². The van der Waals surface area contributed by atoms with Crippen LogP contribution in [0.2, 0.25) is 0 Å². The van der Waals surface area contributed by atoms with E-state index in [1.54, 1.807) is 17.8 Å². The molecule has 7 heteroatoms. The SMILES string of the molecule is Cc1cc(C(=O)Nc2cccc([C@]3(C)CCSC(N)=N3)c2)n[nH]1. The van der Waals surface area contributed by atoms with Crippen LogP contribution in [0.5, 0.6) is 0 Å². The average Bonchev–Trinajstić information content (AvgIpc) is 2.94. The normalized spacial score (nSPS) is 20.9. The number of nitrogens with one attached hydrogen (secondary N) is 2. The zero-order valence-electron chi connectivity index (χ0n) is 13.1. The first-order valence-corrected chi connectivity index (χ1v) is 8.37. The van der Waals surface area contributed by atoms with E-state index < -0.39 is 0 Å². The molecule has 0 aliphatic carbocycles. The standard InChI is InChI=1S/C16H19N5OS/c1-10-8-13(21-20-10)14(22)18-12-5-3-4-11(9-12)16(2)6-7-23-15(17)19-16/h3-5,8-9H,6-7H2,1-2H3,(H2,17,19)(H,18,22)(H,20,21)/t16-/m0/s1. The summed E-state index contributed by atoms with van der Waals surface area (Å²) in [6, 6.07) is 9.45. The lowest BCUT2D eigenvalue weighted by atomic mass is 9.89. The van der Waals surface area contributed by atoms with Crippen molar-refractivity contribution in [3.05, 3.63) is 47.3 Å². The number of carbonyl (C=O) groups excluding carboxylic acids is 1. The number of aromatic amines is 1. The van der Waals surface area contributed by atoms with Gasteiger partial charge in [-0.2, -0.15) is 5.10 Å². The quantitative estimate of drug-likeness (QED) is 0.806. The Hall–Kier alpha value is -2.28. The minimum absolute atomic E-state index is 0.237. The average molecular weight is 329 g/mol. The van der Waals surface area contributed by atoms with E-state index in [1.165, 1.54) is 0 Å². The monoisotopic (exact) mass is 329 g/mol. The summed E-state index contributed by atoms with van der Waals surface area (Å²) in [7, 11) is 0. The van der Waals surface area contributed by atoms with Crippen molar-refractivity contribution in [2.75, 3.05) is 11.1 Å². The summed E-state index contributed by atoms with van der Waals surface area (Å²) in [5.41, 5.74) is 8.51. The van der Waals surface area contributed by atoms with E-state index in [9.17, 15) is 4.79 Å². The highest BCUT2D eigenvalue weighted by atomic mass is 32.2. The van der Waals surface area contributed by atoms with Gasteiger partial charge in [-0.3, -0.25) is 14.9 Å². The van der Waals surface area contributed by atoms with Crippen molar-refractivity contribution in [1.82, 2.24) is 10.2 Å². The fourth-order valence-electron chi connectivity index (χ4n) is 2.56. The van der Waals surface area contributed by atoms with Crippen LogP contribution < -0.4 is 11.1 Å². The van der Waals surface area contributed by atoms with Gasteiger partial charge in [0.05, 0.1) is 5.54 Å². The lowest BCUT2D eigenvalue weighted by Gasteiger charge is -2.30. The number of amides is 1. The Kier molecular flexibility index (Phi) is 4.12. The number of aryl methyl sites for hydroxylation is 1. The van der Waals surface area contributed by atoms with Crippen LogP contribution in [0.4, 0.5) is 5.69 Å². The molecule has 1 aliphatic heterocycles. The van der Waals surface area contributed by atoms with Crippen molar-refractivity contribution >= 4 is 28.5 Å². The Morgan fingerprint density at radius 2 is 2.26 bits per heavy atom. The smallest absolute Gasteiger partial charge is 0.276 e. The molecule has 0 unspecified atom stereocenters. The number of amidine groups is 1. The number of H-pyrrole nitrogens is 1. The van der Waals surface area contributed by atoms with Gasteiger partial charge in [0.2, 0.25) is 0 Å². The van der Waals surface area contributed by atoms with E-state index in [-0.39, 0.29) is 11.4 Å². The van der Waals surface area contributed by atoms with E-state index in [0.29, 0.717) is 10.9 Å². The van der Waals surface area contributed by atoms with Crippen LogP contribution in [-0.2, 0) is 5.54 Å². The number of thioether (sulfide) groups is 1. The first-order chi connectivity index (χ1) is 11.0. The number of anilines is 1. The van der Waals surface area contributed by atoms with Gasteiger partial charge in [0.1, 0.15) is 0 Å². The Morgan fingerprint density at radius 1 is 1.43 bits per heavy atom. The van der Waals surface area contributed by atoms with Gasteiger partial charge in [0.15, 0.2) is 10.9 Å². The van der Waals surface area contributed by atoms with Gasteiger partial charge >= 0.3 is 0 Å². The summed E-state index contributed by atoms with van der Waals surface area (Å²) in [5, 5.41) is 10.2. The summed E-state index contributed by atoms with van der Waals surface area (Å²) >= 11 is 1.58. The van der Waals surface area contributed by atoms with Crippen molar-refractivity contribution in [2.45, 2.75) is 25.8 Å². The molecule has 1 amide bonds. The zero-order chi connectivity index (χ0) is 16.4. The molecule has 6 nitrogen and oxygen atoms in total. The molecule has 120 valence electrons. The number of hydrogen-bond donors (Lipinski definition) is 3. The molecule has 0 spiro atoms. The van der Waals surface area contributed by atoms with Crippen molar-refractivity contribution < 1.29 is 4.79 Å². The first kappa shape index (κ1) is 15.6. The number of hydrogen-bond acceptors (Lipinski definition) is 5. The molecule has 23 heavy (non-hydrogen) atoms. The van der Waals surface area contributed by atoms with Crippen LogP contribution >= 0.6 is 11.8 Å². The molecular weight excluding hydrogens is 310 g/mol. The molecular formula is C16H19N5OS. The maximum atomic E-state index is 12.2. The van der Waals surface area contributed by atoms with Crippen molar-refractivity contribution in [3.63, 3.8) is 0 Å². The molecule has 0 saturated heterocycles. The molecule has 1 aromatic heterocycles.